The summed E-state index contributed by atoms with van der Waals surface area (Å²) in [6, 6.07) is 16.0. The first-order valence-corrected chi connectivity index (χ1v) is 9.77. The van der Waals surface area contributed by atoms with Crippen LogP contribution in [0.15, 0.2) is 48.5 Å². The van der Waals surface area contributed by atoms with Crippen LogP contribution in [0.5, 0.6) is 0 Å². The standard InChI is InChI=1S/C22H23N3O2/c26-21(13-14-11-15-9-10-16(12-14)23-15)25-19-7-3-1-5-17(19)22(27)24-18-6-2-4-8-20(18)25/h1-8,14-16,23H,9-13H2,(H,24,27). The van der Waals surface area contributed by atoms with Gasteiger partial charge in [-0.2, -0.15) is 0 Å². The molecule has 2 N–H and O–H groups in total. The number of carbonyl (C=O) groups is 2. The summed E-state index contributed by atoms with van der Waals surface area (Å²) in [5.41, 5.74) is 2.63. The molecule has 0 aromatic heterocycles. The summed E-state index contributed by atoms with van der Waals surface area (Å²) in [6.45, 7) is 0. The first-order chi connectivity index (χ1) is 13.2. The van der Waals surface area contributed by atoms with Crippen molar-refractivity contribution in [2.75, 3.05) is 10.2 Å². The number of fused-ring (bicyclic) bond motifs is 4. The number of nitrogens with one attached hydrogen (secondary N) is 2. The van der Waals surface area contributed by atoms with Crippen molar-refractivity contribution >= 4 is 28.9 Å². The molecule has 2 aromatic carbocycles. The van der Waals surface area contributed by atoms with Gasteiger partial charge in [-0.15, -0.1) is 0 Å². The van der Waals surface area contributed by atoms with E-state index in [9.17, 15) is 9.59 Å². The van der Waals surface area contributed by atoms with Gasteiger partial charge in [0.05, 0.1) is 22.6 Å². The summed E-state index contributed by atoms with van der Waals surface area (Å²) in [4.78, 5) is 27.9. The quantitative estimate of drug-likeness (QED) is 0.854. The van der Waals surface area contributed by atoms with Gasteiger partial charge in [-0.3, -0.25) is 14.5 Å². The van der Waals surface area contributed by atoms with Crippen molar-refractivity contribution < 1.29 is 9.59 Å². The van der Waals surface area contributed by atoms with Crippen LogP contribution in [0.2, 0.25) is 0 Å². The van der Waals surface area contributed by atoms with E-state index in [4.69, 9.17) is 0 Å². The van der Waals surface area contributed by atoms with Crippen molar-refractivity contribution in [1.29, 1.82) is 0 Å². The Labute approximate surface area is 158 Å². The molecule has 0 saturated carbocycles. The fraction of sp³-hybridized carbons (Fsp3) is 0.364. The normalized spacial score (nSPS) is 26.0. The Morgan fingerprint density at radius 2 is 1.63 bits per heavy atom. The number of anilines is 3. The van der Waals surface area contributed by atoms with Crippen LogP contribution in [0.1, 0.15) is 42.5 Å². The molecule has 3 heterocycles. The lowest BCUT2D eigenvalue weighted by atomic mass is 9.89. The van der Waals surface area contributed by atoms with Crippen molar-refractivity contribution in [3.63, 3.8) is 0 Å². The summed E-state index contributed by atoms with van der Waals surface area (Å²) in [5.74, 6) is 0.299. The van der Waals surface area contributed by atoms with E-state index in [0.29, 0.717) is 41.4 Å². The van der Waals surface area contributed by atoms with Crippen LogP contribution in [0, 0.1) is 5.92 Å². The second kappa shape index (κ2) is 6.50. The summed E-state index contributed by atoms with van der Waals surface area (Å²) in [7, 11) is 0. The van der Waals surface area contributed by atoms with Crippen LogP contribution in [0.25, 0.3) is 0 Å². The minimum Gasteiger partial charge on any atom is -0.320 e. The average Bonchev–Trinajstić information content (AvgIpc) is 2.95. The number of hydrogen-bond donors (Lipinski definition) is 2. The lowest BCUT2D eigenvalue weighted by Crippen LogP contribution is -2.40. The smallest absolute Gasteiger partial charge is 0.257 e. The zero-order valence-corrected chi connectivity index (χ0v) is 15.2. The molecule has 2 unspecified atom stereocenters. The Balaban J connectivity index is 1.51. The summed E-state index contributed by atoms with van der Waals surface area (Å²) in [6.07, 6.45) is 5.10. The highest BCUT2D eigenvalue weighted by Crippen LogP contribution is 2.40. The molecule has 0 radical (unpaired) electrons. The predicted octanol–water partition coefficient (Wildman–Crippen LogP) is 3.84. The maximum atomic E-state index is 13.5. The second-order valence-electron chi connectivity index (χ2n) is 7.90. The van der Waals surface area contributed by atoms with E-state index in [2.05, 4.69) is 10.6 Å². The molecular formula is C22H23N3O2. The first kappa shape index (κ1) is 16.5. The van der Waals surface area contributed by atoms with Crippen molar-refractivity contribution in [2.45, 2.75) is 44.2 Å². The van der Waals surface area contributed by atoms with Crippen LogP contribution in [-0.4, -0.2) is 23.9 Å². The Morgan fingerprint density at radius 1 is 0.963 bits per heavy atom. The number of rotatable bonds is 2. The molecule has 0 aliphatic carbocycles. The van der Waals surface area contributed by atoms with Gasteiger partial charge in [-0.25, -0.2) is 0 Å². The highest BCUT2D eigenvalue weighted by molar-refractivity contribution is 6.17. The Bertz CT molecular complexity index is 898. The number of benzene rings is 2. The summed E-state index contributed by atoms with van der Waals surface area (Å²) < 4.78 is 0. The van der Waals surface area contributed by atoms with Gasteiger partial charge in [-0.05, 0) is 55.9 Å². The Hall–Kier alpha value is -2.66. The Morgan fingerprint density at radius 3 is 2.41 bits per heavy atom. The van der Waals surface area contributed by atoms with Crippen molar-refractivity contribution in [3.8, 4) is 0 Å². The number of piperidine rings is 1. The minimum atomic E-state index is -0.173. The molecule has 5 nitrogen and oxygen atoms in total. The Kier molecular flexibility index (Phi) is 3.97. The van der Waals surface area contributed by atoms with Gasteiger partial charge in [0, 0.05) is 18.5 Å². The number of nitrogens with zero attached hydrogens (tertiary/aromatic N) is 1. The molecule has 0 spiro atoms. The van der Waals surface area contributed by atoms with Crippen molar-refractivity contribution in [2.24, 2.45) is 5.92 Å². The summed E-state index contributed by atoms with van der Waals surface area (Å²) >= 11 is 0. The third kappa shape index (κ3) is 2.92. The predicted molar refractivity (Wildman–Crippen MR) is 105 cm³/mol. The fourth-order valence-corrected chi connectivity index (χ4v) is 4.90. The molecular weight excluding hydrogens is 338 g/mol. The molecule has 5 rings (SSSR count). The lowest BCUT2D eigenvalue weighted by Gasteiger charge is -2.31. The van der Waals surface area contributed by atoms with E-state index in [1.165, 1.54) is 12.8 Å². The van der Waals surface area contributed by atoms with E-state index in [1.807, 2.05) is 42.5 Å². The van der Waals surface area contributed by atoms with Gasteiger partial charge in [0.2, 0.25) is 5.91 Å². The maximum Gasteiger partial charge on any atom is 0.257 e. The molecule has 2 bridgehead atoms. The molecule has 138 valence electrons. The van der Waals surface area contributed by atoms with Gasteiger partial charge < -0.3 is 10.6 Å². The molecule has 2 fully saturated rings. The third-order valence-electron chi connectivity index (χ3n) is 6.07. The van der Waals surface area contributed by atoms with Gasteiger partial charge in [0.1, 0.15) is 0 Å². The lowest BCUT2D eigenvalue weighted by molar-refractivity contribution is -0.119. The van der Waals surface area contributed by atoms with Gasteiger partial charge >= 0.3 is 0 Å². The van der Waals surface area contributed by atoms with Crippen LogP contribution in [0.4, 0.5) is 17.1 Å². The molecule has 2 saturated heterocycles. The van der Waals surface area contributed by atoms with Crippen molar-refractivity contribution in [3.05, 3.63) is 54.1 Å². The number of carbonyl (C=O) groups excluding carboxylic acids is 2. The molecule has 5 heteroatoms. The largest absolute Gasteiger partial charge is 0.320 e. The van der Waals surface area contributed by atoms with E-state index in [0.717, 1.165) is 18.5 Å². The first-order valence-electron chi connectivity index (χ1n) is 9.77. The highest BCUT2D eigenvalue weighted by Gasteiger charge is 2.36. The molecule has 3 aliphatic rings. The van der Waals surface area contributed by atoms with E-state index in [1.54, 1.807) is 11.0 Å². The topological polar surface area (TPSA) is 61.4 Å². The number of hydrogen-bond acceptors (Lipinski definition) is 3. The van der Waals surface area contributed by atoms with Crippen LogP contribution in [0.3, 0.4) is 0 Å². The second-order valence-corrected chi connectivity index (χ2v) is 7.90. The minimum absolute atomic E-state index is 0.0673. The summed E-state index contributed by atoms with van der Waals surface area (Å²) in [5, 5.41) is 6.59. The van der Waals surface area contributed by atoms with Crippen LogP contribution in [-0.2, 0) is 4.79 Å². The maximum absolute atomic E-state index is 13.5. The van der Waals surface area contributed by atoms with Crippen LogP contribution < -0.4 is 15.5 Å². The zero-order valence-electron chi connectivity index (χ0n) is 15.2. The number of para-hydroxylation sites is 3. The van der Waals surface area contributed by atoms with Gasteiger partial charge in [0.15, 0.2) is 0 Å². The van der Waals surface area contributed by atoms with Crippen molar-refractivity contribution in [1.82, 2.24) is 5.32 Å². The number of amides is 2. The highest BCUT2D eigenvalue weighted by atomic mass is 16.2. The average molecular weight is 361 g/mol. The fourth-order valence-electron chi connectivity index (χ4n) is 4.90. The SMILES string of the molecule is O=C1Nc2ccccc2N(C(=O)CC2CC3CCC(C2)N3)c2ccccc21. The van der Waals surface area contributed by atoms with E-state index >= 15 is 0 Å². The third-order valence-corrected chi connectivity index (χ3v) is 6.07. The van der Waals surface area contributed by atoms with E-state index in [-0.39, 0.29) is 11.8 Å². The van der Waals surface area contributed by atoms with Gasteiger partial charge in [0.25, 0.3) is 5.91 Å². The zero-order chi connectivity index (χ0) is 18.4. The van der Waals surface area contributed by atoms with Crippen LogP contribution >= 0.6 is 0 Å². The molecule has 3 aliphatic heterocycles. The van der Waals surface area contributed by atoms with Gasteiger partial charge in [-0.1, -0.05) is 24.3 Å². The molecule has 2 amide bonds. The molecule has 27 heavy (non-hydrogen) atoms. The monoisotopic (exact) mass is 361 g/mol. The molecule has 2 atom stereocenters. The molecule has 2 aromatic rings. The van der Waals surface area contributed by atoms with E-state index < -0.39 is 0 Å².